The lowest BCUT2D eigenvalue weighted by atomic mass is 9.93. The molecule has 0 aliphatic heterocycles. The van der Waals surface area contributed by atoms with E-state index in [0.717, 1.165) is 22.6 Å². The minimum absolute atomic E-state index is 0.00881. The number of benzene rings is 1. The first-order valence-electron chi connectivity index (χ1n) is 6.92. The zero-order valence-corrected chi connectivity index (χ0v) is 12.4. The normalized spacial score (nSPS) is 13.4. The largest absolute Gasteiger partial charge is 0.395 e. The fourth-order valence-corrected chi connectivity index (χ4v) is 2.02. The fourth-order valence-electron chi connectivity index (χ4n) is 2.02. The predicted octanol–water partition coefficient (Wildman–Crippen LogP) is 2.24. The topological polar surface area (TPSA) is 74.9 Å². The number of aliphatic hydroxyl groups excluding tert-OH is 1. The Morgan fingerprint density at radius 3 is 2.40 bits per heavy atom. The van der Waals surface area contributed by atoms with E-state index >= 15 is 0 Å². The maximum Gasteiger partial charge on any atom is 0.137 e. The highest BCUT2D eigenvalue weighted by Gasteiger charge is 2.17. The van der Waals surface area contributed by atoms with Crippen molar-refractivity contribution < 1.29 is 5.11 Å². The van der Waals surface area contributed by atoms with Gasteiger partial charge in [-0.1, -0.05) is 45.0 Å². The van der Waals surface area contributed by atoms with Crippen LogP contribution >= 0.6 is 0 Å². The van der Waals surface area contributed by atoms with Crippen molar-refractivity contribution in [1.82, 2.24) is 9.97 Å². The first-order valence-corrected chi connectivity index (χ1v) is 6.92. The molecule has 4 heteroatoms. The Hall–Kier alpha value is -1.65. The number of hydrogen-bond donors (Lipinski definition) is 3. The van der Waals surface area contributed by atoms with Crippen molar-refractivity contribution in [2.45, 2.75) is 38.6 Å². The van der Waals surface area contributed by atoms with E-state index in [1.165, 1.54) is 0 Å². The molecule has 1 atom stereocenters. The van der Waals surface area contributed by atoms with Crippen LogP contribution in [0.2, 0.25) is 0 Å². The zero-order chi connectivity index (χ0) is 14.8. The lowest BCUT2D eigenvalue weighted by Gasteiger charge is -2.13. The lowest BCUT2D eigenvalue weighted by Crippen LogP contribution is -2.26. The van der Waals surface area contributed by atoms with Gasteiger partial charge >= 0.3 is 0 Å². The van der Waals surface area contributed by atoms with E-state index < -0.39 is 0 Å². The second kappa shape index (κ2) is 5.77. The number of nitrogens with zero attached hydrogens (tertiary/aromatic N) is 1. The molecule has 2 aromatic rings. The maximum atomic E-state index is 8.97. The van der Waals surface area contributed by atoms with Gasteiger partial charge in [0.05, 0.1) is 12.3 Å². The highest BCUT2D eigenvalue weighted by atomic mass is 16.3. The summed E-state index contributed by atoms with van der Waals surface area (Å²) in [5, 5.41) is 8.97. The van der Waals surface area contributed by atoms with Gasteiger partial charge in [0, 0.05) is 23.2 Å². The second-order valence-corrected chi connectivity index (χ2v) is 6.23. The third-order valence-corrected chi connectivity index (χ3v) is 3.31. The van der Waals surface area contributed by atoms with E-state index in [1.807, 2.05) is 30.5 Å². The molecule has 1 aromatic carbocycles. The molecular formula is C16H23N3O. The molecule has 0 amide bonds. The van der Waals surface area contributed by atoms with Crippen molar-refractivity contribution >= 4 is 0 Å². The van der Waals surface area contributed by atoms with Crippen LogP contribution in [0.1, 0.15) is 32.0 Å². The molecule has 4 N–H and O–H groups in total. The van der Waals surface area contributed by atoms with Gasteiger partial charge in [-0.05, 0) is 12.0 Å². The minimum atomic E-state index is -0.197. The van der Waals surface area contributed by atoms with Gasteiger partial charge in [0.15, 0.2) is 0 Å². The van der Waals surface area contributed by atoms with Crippen molar-refractivity contribution in [3.8, 4) is 11.4 Å². The van der Waals surface area contributed by atoms with Crippen molar-refractivity contribution in [1.29, 1.82) is 0 Å². The van der Waals surface area contributed by atoms with Gasteiger partial charge in [-0.2, -0.15) is 0 Å². The quantitative estimate of drug-likeness (QED) is 0.799. The van der Waals surface area contributed by atoms with Crippen LogP contribution < -0.4 is 5.73 Å². The first kappa shape index (κ1) is 14.8. The number of imidazole rings is 1. The van der Waals surface area contributed by atoms with Gasteiger partial charge in [0.2, 0.25) is 0 Å². The summed E-state index contributed by atoms with van der Waals surface area (Å²) < 4.78 is 0. The molecule has 0 fully saturated rings. The van der Waals surface area contributed by atoms with Gasteiger partial charge in [-0.3, -0.25) is 0 Å². The van der Waals surface area contributed by atoms with Gasteiger partial charge < -0.3 is 15.8 Å². The van der Waals surface area contributed by atoms with Gasteiger partial charge in [0.1, 0.15) is 5.82 Å². The highest BCUT2D eigenvalue weighted by Crippen LogP contribution is 2.24. The number of aromatic amines is 1. The maximum absolute atomic E-state index is 8.97. The van der Waals surface area contributed by atoms with E-state index in [9.17, 15) is 0 Å². The third kappa shape index (κ3) is 3.46. The number of aromatic nitrogens is 2. The van der Waals surface area contributed by atoms with Crippen LogP contribution in [0.5, 0.6) is 0 Å². The SMILES string of the molecule is CC(C)(C)c1c[nH]c(-c2ccc(C[C@H](N)CO)cc2)n1. The van der Waals surface area contributed by atoms with Gasteiger partial charge in [0.25, 0.3) is 0 Å². The summed E-state index contributed by atoms with van der Waals surface area (Å²) >= 11 is 0. The Labute approximate surface area is 120 Å². The third-order valence-electron chi connectivity index (χ3n) is 3.31. The lowest BCUT2D eigenvalue weighted by molar-refractivity contribution is 0.265. The molecule has 20 heavy (non-hydrogen) atoms. The summed E-state index contributed by atoms with van der Waals surface area (Å²) in [6, 6.07) is 7.93. The standard InChI is InChI=1S/C16H23N3O/c1-16(2,3)14-9-18-15(19-14)12-6-4-11(5-7-12)8-13(17)10-20/h4-7,9,13,20H,8,10,17H2,1-3H3,(H,18,19)/t13-/m0/s1. The predicted molar refractivity (Wildman–Crippen MR) is 81.5 cm³/mol. The molecule has 0 bridgehead atoms. The molecule has 0 aliphatic rings. The summed E-state index contributed by atoms with van der Waals surface area (Å²) in [5.74, 6) is 0.882. The number of aliphatic hydroxyl groups is 1. The number of H-pyrrole nitrogens is 1. The van der Waals surface area contributed by atoms with Crippen LogP contribution in [-0.4, -0.2) is 27.7 Å². The van der Waals surface area contributed by atoms with E-state index in [4.69, 9.17) is 10.8 Å². The monoisotopic (exact) mass is 273 g/mol. The van der Waals surface area contributed by atoms with Crippen LogP contribution in [0.3, 0.4) is 0 Å². The molecule has 0 unspecified atom stereocenters. The summed E-state index contributed by atoms with van der Waals surface area (Å²) in [6.45, 7) is 6.44. The average Bonchev–Trinajstić information content (AvgIpc) is 2.89. The summed E-state index contributed by atoms with van der Waals surface area (Å²) in [5.41, 5.74) is 9.02. The minimum Gasteiger partial charge on any atom is -0.395 e. The van der Waals surface area contributed by atoms with E-state index in [2.05, 4.69) is 30.7 Å². The molecule has 0 saturated heterocycles. The Bertz CT molecular complexity index is 552. The number of rotatable bonds is 4. The molecule has 0 saturated carbocycles. The average molecular weight is 273 g/mol. The van der Waals surface area contributed by atoms with Crippen LogP contribution in [-0.2, 0) is 11.8 Å². The van der Waals surface area contributed by atoms with Gasteiger partial charge in [-0.25, -0.2) is 4.98 Å². The zero-order valence-electron chi connectivity index (χ0n) is 12.4. The molecule has 0 spiro atoms. The summed E-state index contributed by atoms with van der Waals surface area (Å²) in [4.78, 5) is 7.86. The number of hydrogen-bond acceptors (Lipinski definition) is 3. The molecule has 2 rings (SSSR count). The number of nitrogens with one attached hydrogen (secondary N) is 1. The van der Waals surface area contributed by atoms with E-state index in [1.54, 1.807) is 0 Å². The molecule has 1 heterocycles. The Morgan fingerprint density at radius 2 is 1.90 bits per heavy atom. The van der Waals surface area contributed by atoms with Crippen LogP contribution in [0.15, 0.2) is 30.5 Å². The Balaban J connectivity index is 2.16. The van der Waals surface area contributed by atoms with Crippen molar-refractivity contribution in [2.24, 2.45) is 5.73 Å². The van der Waals surface area contributed by atoms with Crippen molar-refractivity contribution in [3.63, 3.8) is 0 Å². The van der Waals surface area contributed by atoms with E-state index in [0.29, 0.717) is 6.42 Å². The molecule has 108 valence electrons. The molecular weight excluding hydrogens is 250 g/mol. The van der Waals surface area contributed by atoms with Crippen LogP contribution in [0.4, 0.5) is 0 Å². The Morgan fingerprint density at radius 1 is 1.25 bits per heavy atom. The molecule has 0 aliphatic carbocycles. The summed E-state index contributed by atoms with van der Waals surface area (Å²) in [7, 11) is 0. The van der Waals surface area contributed by atoms with Gasteiger partial charge in [-0.15, -0.1) is 0 Å². The highest BCUT2D eigenvalue weighted by molar-refractivity contribution is 5.56. The van der Waals surface area contributed by atoms with Crippen LogP contribution in [0.25, 0.3) is 11.4 Å². The molecule has 1 aromatic heterocycles. The first-order chi connectivity index (χ1) is 9.40. The Kier molecular flexibility index (Phi) is 4.26. The summed E-state index contributed by atoms with van der Waals surface area (Å²) in [6.07, 6.45) is 2.65. The second-order valence-electron chi connectivity index (χ2n) is 6.23. The van der Waals surface area contributed by atoms with E-state index in [-0.39, 0.29) is 18.1 Å². The van der Waals surface area contributed by atoms with Crippen molar-refractivity contribution in [2.75, 3.05) is 6.61 Å². The molecule has 0 radical (unpaired) electrons. The molecule has 4 nitrogen and oxygen atoms in total. The van der Waals surface area contributed by atoms with Crippen molar-refractivity contribution in [3.05, 3.63) is 41.7 Å². The smallest absolute Gasteiger partial charge is 0.137 e. The van der Waals surface area contributed by atoms with Crippen LogP contribution in [0, 0.1) is 0 Å². The fraction of sp³-hybridized carbons (Fsp3) is 0.438. The number of nitrogens with two attached hydrogens (primary N) is 1.